The number of halogens is 1. The van der Waals surface area contributed by atoms with Gasteiger partial charge >= 0.3 is 0 Å². The molecular formula is C31H35FN6O. The summed E-state index contributed by atoms with van der Waals surface area (Å²) < 4.78 is 20.4. The molecule has 3 aromatic heterocycles. The second-order valence-electron chi connectivity index (χ2n) is 12.8. The molecule has 1 aromatic carbocycles. The summed E-state index contributed by atoms with van der Waals surface area (Å²) in [5.74, 6) is 2.47. The van der Waals surface area contributed by atoms with Gasteiger partial charge in [-0.1, -0.05) is 6.92 Å². The van der Waals surface area contributed by atoms with Gasteiger partial charge in [0, 0.05) is 48.9 Å². The topological polar surface area (TPSA) is 82.0 Å². The summed E-state index contributed by atoms with van der Waals surface area (Å²) in [4.78, 5) is 25.2. The molecule has 3 atom stereocenters. The molecular weight excluding hydrogens is 491 g/mol. The quantitative estimate of drug-likeness (QED) is 0.374. The van der Waals surface area contributed by atoms with Gasteiger partial charge in [0.15, 0.2) is 5.82 Å². The molecule has 4 fully saturated rings. The monoisotopic (exact) mass is 526 g/mol. The van der Waals surface area contributed by atoms with Gasteiger partial charge in [0.25, 0.3) is 5.91 Å². The number of amides is 1. The Bertz CT molecular complexity index is 1610. The van der Waals surface area contributed by atoms with E-state index < -0.39 is 0 Å². The fourth-order valence-electron chi connectivity index (χ4n) is 7.65. The summed E-state index contributed by atoms with van der Waals surface area (Å²) in [6, 6.07) is 9.50. The Morgan fingerprint density at radius 3 is 2.62 bits per heavy atom. The first kappa shape index (κ1) is 23.6. The number of hydrogen-bond donors (Lipinski definition) is 1. The molecule has 2 unspecified atom stereocenters. The number of carbonyl (C=O) groups is 1. The van der Waals surface area contributed by atoms with Gasteiger partial charge in [-0.15, -0.1) is 0 Å². The minimum absolute atomic E-state index is 0.0280. The Hall–Kier alpha value is -3.26. The second kappa shape index (κ2) is 8.62. The Labute approximate surface area is 227 Å². The van der Waals surface area contributed by atoms with Crippen LogP contribution in [0.1, 0.15) is 55.8 Å². The van der Waals surface area contributed by atoms with E-state index in [-0.39, 0.29) is 23.8 Å². The van der Waals surface area contributed by atoms with Crippen molar-refractivity contribution in [3.63, 3.8) is 0 Å². The van der Waals surface area contributed by atoms with Gasteiger partial charge in [0.2, 0.25) is 0 Å². The number of benzene rings is 1. The highest BCUT2D eigenvalue weighted by molar-refractivity contribution is 5.98. The second-order valence-corrected chi connectivity index (χ2v) is 12.8. The first-order valence-corrected chi connectivity index (χ1v) is 14.7. The van der Waals surface area contributed by atoms with Gasteiger partial charge in [-0.05, 0) is 92.5 Å². The van der Waals surface area contributed by atoms with Crippen LogP contribution < -0.4 is 5.73 Å². The lowest BCUT2D eigenvalue weighted by molar-refractivity contribution is 0.0700. The van der Waals surface area contributed by atoms with E-state index in [0.29, 0.717) is 46.8 Å². The van der Waals surface area contributed by atoms with Crippen molar-refractivity contribution >= 4 is 28.0 Å². The zero-order valence-corrected chi connectivity index (χ0v) is 22.4. The number of imidazole rings is 1. The van der Waals surface area contributed by atoms with E-state index >= 15 is 4.39 Å². The highest BCUT2D eigenvalue weighted by atomic mass is 19.1. The van der Waals surface area contributed by atoms with E-state index in [9.17, 15) is 4.79 Å². The van der Waals surface area contributed by atoms with Crippen LogP contribution in [-0.4, -0.2) is 48.5 Å². The molecule has 39 heavy (non-hydrogen) atoms. The number of nitrogens with two attached hydrogens (primary N) is 1. The zero-order chi connectivity index (χ0) is 26.4. The van der Waals surface area contributed by atoms with Crippen molar-refractivity contribution in [3.8, 4) is 11.5 Å². The third-order valence-electron chi connectivity index (χ3n) is 9.89. The highest BCUT2D eigenvalue weighted by Gasteiger charge is 2.47. The molecule has 2 bridgehead atoms. The summed E-state index contributed by atoms with van der Waals surface area (Å²) in [6.07, 6.45) is 8.57. The Kier molecular flexibility index (Phi) is 5.22. The molecule has 8 rings (SSSR count). The lowest BCUT2D eigenvalue weighted by Crippen LogP contribution is -2.41. The normalized spacial score (nSPS) is 28.1. The number of carbonyl (C=O) groups excluding carboxylic acids is 1. The van der Waals surface area contributed by atoms with Crippen LogP contribution in [0.15, 0.2) is 36.5 Å². The van der Waals surface area contributed by atoms with E-state index in [1.807, 2.05) is 17.2 Å². The van der Waals surface area contributed by atoms with Crippen molar-refractivity contribution in [1.29, 1.82) is 0 Å². The number of nitrogens with zero attached hydrogens (tertiary/aromatic N) is 5. The van der Waals surface area contributed by atoms with Crippen LogP contribution in [0.25, 0.3) is 33.6 Å². The SMILES string of the molecule is C[C@H]1C[C@H](Cn2c(-c3cc4cccnc4n3CC3CC3)nc3cc(C(=O)N4CC5CCC4[C@@H]5N)cc(F)c32)C1. The number of pyridine rings is 1. The van der Waals surface area contributed by atoms with Gasteiger partial charge in [0.1, 0.15) is 17.0 Å². The maximum Gasteiger partial charge on any atom is 0.254 e. The molecule has 3 aliphatic carbocycles. The summed E-state index contributed by atoms with van der Waals surface area (Å²) in [5.41, 5.74) is 9.71. The molecule has 3 saturated carbocycles. The number of likely N-dealkylation sites (tertiary alicyclic amines) is 1. The van der Waals surface area contributed by atoms with Crippen LogP contribution in [0, 0.1) is 29.5 Å². The average Bonchev–Trinajstić information content (AvgIpc) is 3.26. The predicted octanol–water partition coefficient (Wildman–Crippen LogP) is 5.21. The van der Waals surface area contributed by atoms with Crippen LogP contribution in [0.2, 0.25) is 0 Å². The Morgan fingerprint density at radius 2 is 1.90 bits per heavy atom. The third-order valence-corrected chi connectivity index (χ3v) is 9.89. The van der Waals surface area contributed by atoms with Crippen molar-refractivity contribution in [2.45, 2.75) is 70.6 Å². The van der Waals surface area contributed by atoms with Crippen molar-refractivity contribution in [3.05, 3.63) is 47.9 Å². The smallest absolute Gasteiger partial charge is 0.254 e. The highest BCUT2D eigenvalue weighted by Crippen LogP contribution is 2.41. The van der Waals surface area contributed by atoms with Gasteiger partial charge < -0.3 is 19.8 Å². The van der Waals surface area contributed by atoms with E-state index in [2.05, 4.69) is 28.2 Å². The summed E-state index contributed by atoms with van der Waals surface area (Å²) in [7, 11) is 0. The van der Waals surface area contributed by atoms with Crippen molar-refractivity contribution in [2.24, 2.45) is 29.4 Å². The molecule has 0 spiro atoms. The molecule has 1 aliphatic heterocycles. The number of fused-ring (bicyclic) bond motifs is 4. The van der Waals surface area contributed by atoms with Crippen LogP contribution in [0.5, 0.6) is 0 Å². The van der Waals surface area contributed by atoms with Crippen LogP contribution in [0.4, 0.5) is 4.39 Å². The lowest BCUT2D eigenvalue weighted by Gasteiger charge is -2.33. The van der Waals surface area contributed by atoms with Crippen molar-refractivity contribution < 1.29 is 9.18 Å². The summed E-state index contributed by atoms with van der Waals surface area (Å²) in [5, 5.41) is 1.07. The molecule has 202 valence electrons. The average molecular weight is 527 g/mol. The number of piperidine rings is 1. The lowest BCUT2D eigenvalue weighted by atomic mass is 9.76. The number of aromatic nitrogens is 4. The number of rotatable bonds is 6. The fraction of sp³-hybridized carbons (Fsp3) is 0.516. The molecule has 7 nitrogen and oxygen atoms in total. The first-order valence-electron chi connectivity index (χ1n) is 14.7. The van der Waals surface area contributed by atoms with Gasteiger partial charge in [-0.2, -0.15) is 0 Å². The molecule has 8 heteroatoms. The first-order chi connectivity index (χ1) is 18.9. The molecule has 0 radical (unpaired) electrons. The molecule has 4 heterocycles. The van der Waals surface area contributed by atoms with E-state index in [1.165, 1.54) is 18.9 Å². The molecule has 4 aromatic rings. The maximum absolute atomic E-state index is 16.0. The standard InChI is InChI=1S/C31H35FN6O/c1-17-9-19(10-17)15-38-28-23(32)11-22(31(39)37-16-21-6-7-25(37)27(21)33)12-24(28)35-30(38)26-13-20-3-2-8-34-29(20)36(26)14-18-4-5-18/h2-3,8,11-13,17-19,21,25,27H,4-7,9-10,14-16,33H2,1H3/t17-,19-,21?,25?,27-/m1/s1. The Morgan fingerprint density at radius 1 is 1.08 bits per heavy atom. The van der Waals surface area contributed by atoms with Gasteiger partial charge in [0.05, 0.1) is 11.2 Å². The number of hydrogen-bond acceptors (Lipinski definition) is 4. The maximum atomic E-state index is 16.0. The van der Waals surface area contributed by atoms with Gasteiger partial charge in [-0.25, -0.2) is 14.4 Å². The Balaban J connectivity index is 1.26. The third kappa shape index (κ3) is 3.74. The zero-order valence-electron chi connectivity index (χ0n) is 22.4. The van der Waals surface area contributed by atoms with E-state index in [1.54, 1.807) is 6.07 Å². The van der Waals surface area contributed by atoms with E-state index in [0.717, 1.165) is 61.3 Å². The minimum atomic E-state index is -0.376. The summed E-state index contributed by atoms with van der Waals surface area (Å²) >= 11 is 0. The van der Waals surface area contributed by atoms with Crippen LogP contribution in [0.3, 0.4) is 0 Å². The molecule has 4 aliphatic rings. The van der Waals surface area contributed by atoms with E-state index in [4.69, 9.17) is 15.7 Å². The van der Waals surface area contributed by atoms with Crippen molar-refractivity contribution in [1.82, 2.24) is 24.0 Å². The predicted molar refractivity (Wildman–Crippen MR) is 149 cm³/mol. The molecule has 1 amide bonds. The van der Waals surface area contributed by atoms with Gasteiger partial charge in [-0.3, -0.25) is 4.79 Å². The van der Waals surface area contributed by atoms with Crippen molar-refractivity contribution in [2.75, 3.05) is 6.54 Å². The molecule has 2 N–H and O–H groups in total. The molecule has 1 saturated heterocycles. The van der Waals surface area contributed by atoms with Crippen LogP contribution >= 0.6 is 0 Å². The summed E-state index contributed by atoms with van der Waals surface area (Å²) in [6.45, 7) is 4.56. The minimum Gasteiger partial charge on any atom is -0.334 e. The fourth-order valence-corrected chi connectivity index (χ4v) is 7.65. The van der Waals surface area contributed by atoms with Crippen LogP contribution in [-0.2, 0) is 13.1 Å². The largest absolute Gasteiger partial charge is 0.334 e.